The molecular weight excluding hydrogens is 569 g/mol. The molecule has 7 N–H and O–H groups in total. The minimum Gasteiger partial charge on any atom is -0.481 e. The van der Waals surface area contributed by atoms with Crippen molar-refractivity contribution in [2.24, 2.45) is 34.2 Å². The van der Waals surface area contributed by atoms with Gasteiger partial charge in [-0.25, -0.2) is 4.99 Å². The second-order valence-corrected chi connectivity index (χ2v) is 10.0. The van der Waals surface area contributed by atoms with Crippen LogP contribution in [-0.4, -0.2) is 77.3 Å². The summed E-state index contributed by atoms with van der Waals surface area (Å²) in [5, 5.41) is 15.6. The Morgan fingerprint density at radius 2 is 1.89 bits per heavy atom. The first-order valence-corrected chi connectivity index (χ1v) is 13.7. The SMILES string of the molecule is CCC(CC)[C@@H](NC(C)=O)[C@@H]1[C@H](OCC(=O)NCCOC(C)CCI)C(C(=O)O)C[C@H]1N=C(N)N. The number of aliphatic carboxylic acids is 1. The lowest BCUT2D eigenvalue weighted by Gasteiger charge is -2.37. The number of carbonyl (C=O) groups excluding carboxylic acids is 2. The van der Waals surface area contributed by atoms with Gasteiger partial charge in [-0.2, -0.15) is 0 Å². The molecule has 1 saturated carbocycles. The van der Waals surface area contributed by atoms with Gasteiger partial charge in [0.15, 0.2) is 5.96 Å². The van der Waals surface area contributed by atoms with Crippen LogP contribution in [0.4, 0.5) is 0 Å². The zero-order valence-electron chi connectivity index (χ0n) is 21.2. The van der Waals surface area contributed by atoms with E-state index in [1.807, 2.05) is 20.8 Å². The Kier molecular flexibility index (Phi) is 14.5. The van der Waals surface area contributed by atoms with Crippen molar-refractivity contribution in [3.05, 3.63) is 0 Å². The molecule has 6 atom stereocenters. The van der Waals surface area contributed by atoms with Crippen molar-refractivity contribution in [3.63, 3.8) is 0 Å². The summed E-state index contributed by atoms with van der Waals surface area (Å²) in [6, 6.07) is -0.986. The first-order chi connectivity index (χ1) is 16.5. The van der Waals surface area contributed by atoms with Gasteiger partial charge < -0.3 is 36.7 Å². The van der Waals surface area contributed by atoms with Crippen LogP contribution >= 0.6 is 22.6 Å². The number of carbonyl (C=O) groups is 3. The Morgan fingerprint density at radius 1 is 1.23 bits per heavy atom. The number of ether oxygens (including phenoxy) is 2. The summed E-state index contributed by atoms with van der Waals surface area (Å²) < 4.78 is 12.6. The number of guanidine groups is 1. The highest BCUT2D eigenvalue weighted by molar-refractivity contribution is 14.1. The third kappa shape index (κ3) is 10.5. The predicted molar refractivity (Wildman–Crippen MR) is 142 cm³/mol. The van der Waals surface area contributed by atoms with E-state index in [0.717, 1.165) is 23.7 Å². The smallest absolute Gasteiger partial charge is 0.309 e. The molecule has 0 bridgehead atoms. The minimum atomic E-state index is -1.06. The maximum Gasteiger partial charge on any atom is 0.309 e. The summed E-state index contributed by atoms with van der Waals surface area (Å²) in [5.41, 5.74) is 11.3. The van der Waals surface area contributed by atoms with Crippen LogP contribution in [0, 0.1) is 17.8 Å². The van der Waals surface area contributed by atoms with Gasteiger partial charge in [0.05, 0.1) is 30.8 Å². The van der Waals surface area contributed by atoms with E-state index < -0.39 is 36.0 Å². The summed E-state index contributed by atoms with van der Waals surface area (Å²) in [6.45, 7) is 7.79. The second kappa shape index (κ2) is 16.1. The molecule has 1 fully saturated rings. The van der Waals surface area contributed by atoms with Gasteiger partial charge in [-0.1, -0.05) is 49.3 Å². The van der Waals surface area contributed by atoms with E-state index in [-0.39, 0.29) is 42.8 Å². The second-order valence-electron chi connectivity index (χ2n) is 8.97. The van der Waals surface area contributed by atoms with E-state index in [9.17, 15) is 19.5 Å². The van der Waals surface area contributed by atoms with Crippen LogP contribution in [0.5, 0.6) is 0 Å². The molecule has 0 saturated heterocycles. The van der Waals surface area contributed by atoms with E-state index in [4.69, 9.17) is 20.9 Å². The zero-order chi connectivity index (χ0) is 26.5. The molecule has 0 aromatic rings. The third-order valence-electron chi connectivity index (χ3n) is 6.44. The monoisotopic (exact) mass is 611 g/mol. The van der Waals surface area contributed by atoms with Crippen LogP contribution in [0.25, 0.3) is 0 Å². The largest absolute Gasteiger partial charge is 0.481 e. The maximum atomic E-state index is 12.4. The van der Waals surface area contributed by atoms with Gasteiger partial charge in [-0.3, -0.25) is 14.4 Å². The van der Waals surface area contributed by atoms with Gasteiger partial charge >= 0.3 is 5.97 Å². The zero-order valence-corrected chi connectivity index (χ0v) is 23.3. The van der Waals surface area contributed by atoms with Crippen molar-refractivity contribution in [3.8, 4) is 0 Å². The Bertz CT molecular complexity index is 717. The lowest BCUT2D eigenvalue weighted by Crippen LogP contribution is -2.52. The molecule has 2 amide bonds. The van der Waals surface area contributed by atoms with Crippen molar-refractivity contribution in [1.82, 2.24) is 10.6 Å². The van der Waals surface area contributed by atoms with Crippen LogP contribution in [0.2, 0.25) is 0 Å². The Balaban J connectivity index is 3.04. The molecule has 0 aromatic carbocycles. The van der Waals surface area contributed by atoms with E-state index in [2.05, 4.69) is 38.2 Å². The number of nitrogens with one attached hydrogen (secondary N) is 2. The first kappa shape index (κ1) is 31.4. The molecule has 11 nitrogen and oxygen atoms in total. The summed E-state index contributed by atoms with van der Waals surface area (Å²) in [7, 11) is 0. The molecule has 0 aliphatic heterocycles. The summed E-state index contributed by atoms with van der Waals surface area (Å²) in [5.74, 6) is -3.22. The molecule has 1 aliphatic rings. The normalized spacial score (nSPS) is 23.5. The molecule has 0 aromatic heterocycles. The predicted octanol–water partition coefficient (Wildman–Crippen LogP) is 1.02. The van der Waals surface area contributed by atoms with Gasteiger partial charge in [0.2, 0.25) is 11.8 Å². The Morgan fingerprint density at radius 3 is 2.40 bits per heavy atom. The molecule has 1 rings (SSSR count). The number of hydrogen-bond acceptors (Lipinski definition) is 6. The number of amides is 2. The van der Waals surface area contributed by atoms with Crippen LogP contribution in [-0.2, 0) is 23.9 Å². The van der Waals surface area contributed by atoms with Crippen LogP contribution in [0.1, 0.15) is 53.4 Å². The van der Waals surface area contributed by atoms with Gasteiger partial charge in [0.1, 0.15) is 6.61 Å². The quantitative estimate of drug-likeness (QED) is 0.0565. The molecule has 202 valence electrons. The van der Waals surface area contributed by atoms with Gasteiger partial charge in [0, 0.05) is 29.9 Å². The summed E-state index contributed by atoms with van der Waals surface area (Å²) >= 11 is 2.29. The maximum absolute atomic E-state index is 12.4. The molecule has 0 heterocycles. The van der Waals surface area contributed by atoms with Crippen molar-refractivity contribution >= 4 is 46.3 Å². The topological polar surface area (TPSA) is 178 Å². The van der Waals surface area contributed by atoms with Crippen LogP contribution < -0.4 is 22.1 Å². The van der Waals surface area contributed by atoms with E-state index in [1.54, 1.807) is 0 Å². The van der Waals surface area contributed by atoms with Gasteiger partial charge in [0.25, 0.3) is 0 Å². The number of rotatable bonds is 16. The molecule has 2 unspecified atom stereocenters. The molecular formula is C23H42IN5O6. The fourth-order valence-electron chi connectivity index (χ4n) is 4.75. The lowest BCUT2D eigenvalue weighted by atomic mass is 9.80. The van der Waals surface area contributed by atoms with Crippen molar-refractivity contribution in [1.29, 1.82) is 0 Å². The molecule has 35 heavy (non-hydrogen) atoms. The number of hydrogen-bond donors (Lipinski definition) is 5. The fraction of sp³-hybridized carbons (Fsp3) is 0.826. The van der Waals surface area contributed by atoms with E-state index in [0.29, 0.717) is 13.2 Å². The van der Waals surface area contributed by atoms with Crippen LogP contribution in [0.3, 0.4) is 0 Å². The standard InChI is InChI=1S/C23H42IN5O6/c1-5-15(6-2)20(28-14(4)30)19-17(29-23(25)26)11-16(22(32)33)21(19)35-12-18(31)27-9-10-34-13(3)7-8-24/h13,15-17,19-21H,5-12H2,1-4H3,(H,27,31)(H,28,30)(H,32,33)(H4,25,26,29)/t13?,16?,17-,19-,20-,21-/m1/s1. The number of halogens is 1. The lowest BCUT2D eigenvalue weighted by molar-refractivity contribution is -0.150. The Hall–Kier alpha value is -1.67. The Labute approximate surface area is 221 Å². The number of carboxylic acid groups (broad SMARTS) is 1. The average molecular weight is 612 g/mol. The molecule has 1 aliphatic carbocycles. The third-order valence-corrected chi connectivity index (χ3v) is 7.06. The molecule has 12 heteroatoms. The number of aliphatic imine (C=N–C) groups is 1. The number of nitrogens with two attached hydrogens (primary N) is 2. The average Bonchev–Trinajstić information content (AvgIpc) is 3.12. The summed E-state index contributed by atoms with van der Waals surface area (Å²) in [4.78, 5) is 40.9. The first-order valence-electron chi connectivity index (χ1n) is 12.2. The molecule has 0 spiro atoms. The summed E-state index contributed by atoms with van der Waals surface area (Å²) in [6.07, 6.45) is 1.84. The highest BCUT2D eigenvalue weighted by atomic mass is 127. The van der Waals surface area contributed by atoms with Crippen molar-refractivity contribution in [2.75, 3.05) is 24.2 Å². The van der Waals surface area contributed by atoms with E-state index in [1.165, 1.54) is 6.92 Å². The van der Waals surface area contributed by atoms with Gasteiger partial charge in [-0.15, -0.1) is 0 Å². The molecule has 0 radical (unpaired) electrons. The minimum absolute atomic E-state index is 0.0507. The van der Waals surface area contributed by atoms with Crippen molar-refractivity contribution < 1.29 is 29.0 Å². The number of nitrogens with zero attached hydrogens (tertiary/aromatic N) is 1. The highest BCUT2D eigenvalue weighted by Gasteiger charge is 2.52. The van der Waals surface area contributed by atoms with Crippen LogP contribution in [0.15, 0.2) is 4.99 Å². The fourth-order valence-corrected chi connectivity index (χ4v) is 5.63. The number of carboxylic acids is 1. The van der Waals surface area contributed by atoms with Gasteiger partial charge in [-0.05, 0) is 25.7 Å². The number of alkyl halides is 1. The highest BCUT2D eigenvalue weighted by Crippen LogP contribution is 2.41. The van der Waals surface area contributed by atoms with Crippen molar-refractivity contribution in [2.45, 2.75) is 77.7 Å². The van der Waals surface area contributed by atoms with E-state index >= 15 is 0 Å².